The van der Waals surface area contributed by atoms with Crippen molar-refractivity contribution in [3.63, 3.8) is 0 Å². The Morgan fingerprint density at radius 1 is 1.35 bits per heavy atom. The Morgan fingerprint density at radius 2 is 2.10 bits per heavy atom. The van der Waals surface area contributed by atoms with Crippen LogP contribution in [0.1, 0.15) is 33.1 Å². The van der Waals surface area contributed by atoms with E-state index < -0.39 is 10.0 Å². The monoisotopic (exact) mass is 298 g/mol. The van der Waals surface area contributed by atoms with Crippen LogP contribution in [0, 0.1) is 11.8 Å². The highest BCUT2D eigenvalue weighted by Crippen LogP contribution is 2.30. The lowest BCUT2D eigenvalue weighted by atomic mass is 9.78. The smallest absolute Gasteiger partial charge is 0.241 e. The molecule has 20 heavy (non-hydrogen) atoms. The maximum absolute atomic E-state index is 12.4. The van der Waals surface area contributed by atoms with Crippen molar-refractivity contribution in [3.05, 3.63) is 18.3 Å². The van der Waals surface area contributed by atoms with E-state index in [-0.39, 0.29) is 10.9 Å². The zero-order chi connectivity index (χ0) is 14.8. The first kappa shape index (κ1) is 15.2. The lowest BCUT2D eigenvalue weighted by Gasteiger charge is -2.34. The number of rotatable bonds is 4. The standard InChI is InChI=1S/C13H22N4O2S/c1-9-4-3-5-12(10(9)2)17-20(18,19)11-6-7-15-13(8-11)16-14/h6-10,12,17H,3-5,14H2,1-2H3,(H,15,16). The normalized spacial score (nSPS) is 27.2. The van der Waals surface area contributed by atoms with Crippen LogP contribution in [-0.2, 0) is 10.0 Å². The van der Waals surface area contributed by atoms with Gasteiger partial charge in [0.25, 0.3) is 0 Å². The number of anilines is 1. The molecule has 0 saturated heterocycles. The predicted molar refractivity (Wildman–Crippen MR) is 78.3 cm³/mol. The van der Waals surface area contributed by atoms with E-state index in [1.807, 2.05) is 0 Å². The molecule has 1 saturated carbocycles. The number of hydrazine groups is 1. The van der Waals surface area contributed by atoms with Crippen LogP contribution < -0.4 is 16.0 Å². The summed E-state index contributed by atoms with van der Waals surface area (Å²) < 4.78 is 27.6. The molecule has 3 atom stereocenters. The summed E-state index contributed by atoms with van der Waals surface area (Å²) in [5.74, 6) is 6.47. The van der Waals surface area contributed by atoms with E-state index >= 15 is 0 Å². The summed E-state index contributed by atoms with van der Waals surface area (Å²) in [5.41, 5.74) is 2.36. The van der Waals surface area contributed by atoms with E-state index in [1.54, 1.807) is 0 Å². The largest absolute Gasteiger partial charge is 0.308 e. The Labute approximate surface area is 120 Å². The molecule has 112 valence electrons. The Bertz CT molecular complexity index is 561. The van der Waals surface area contributed by atoms with Crippen LogP contribution in [0.5, 0.6) is 0 Å². The molecule has 0 aliphatic heterocycles. The lowest BCUT2D eigenvalue weighted by Crippen LogP contribution is -2.43. The Kier molecular flexibility index (Phi) is 4.62. The molecule has 0 aromatic carbocycles. The molecule has 0 bridgehead atoms. The van der Waals surface area contributed by atoms with E-state index in [0.717, 1.165) is 19.3 Å². The van der Waals surface area contributed by atoms with Crippen LogP contribution in [0.4, 0.5) is 5.82 Å². The molecule has 0 radical (unpaired) electrons. The summed E-state index contributed by atoms with van der Waals surface area (Å²) in [4.78, 5) is 4.10. The van der Waals surface area contributed by atoms with E-state index in [2.05, 4.69) is 29.0 Å². The molecule has 3 unspecified atom stereocenters. The second-order valence-corrected chi connectivity index (χ2v) is 7.23. The zero-order valence-corrected chi connectivity index (χ0v) is 12.7. The van der Waals surface area contributed by atoms with Crippen molar-refractivity contribution in [2.75, 3.05) is 5.43 Å². The third-order valence-corrected chi connectivity index (χ3v) is 5.69. The van der Waals surface area contributed by atoms with Crippen molar-refractivity contribution < 1.29 is 8.42 Å². The summed E-state index contributed by atoms with van der Waals surface area (Å²) in [6, 6.07) is 2.89. The maximum Gasteiger partial charge on any atom is 0.241 e. The van der Waals surface area contributed by atoms with E-state index in [9.17, 15) is 8.42 Å². The molecule has 1 aliphatic rings. The number of nitrogens with one attached hydrogen (secondary N) is 2. The molecule has 1 heterocycles. The Morgan fingerprint density at radius 3 is 2.80 bits per heavy atom. The van der Waals surface area contributed by atoms with Crippen molar-refractivity contribution in [3.8, 4) is 0 Å². The van der Waals surface area contributed by atoms with Gasteiger partial charge in [-0.15, -0.1) is 0 Å². The van der Waals surface area contributed by atoms with Gasteiger partial charge in [0.05, 0.1) is 4.90 Å². The molecule has 2 rings (SSSR count). The molecule has 1 aromatic rings. The molecule has 1 aromatic heterocycles. The number of pyridine rings is 1. The summed E-state index contributed by atoms with van der Waals surface area (Å²) >= 11 is 0. The van der Waals surface area contributed by atoms with Gasteiger partial charge in [-0.3, -0.25) is 0 Å². The Balaban J connectivity index is 2.18. The second kappa shape index (κ2) is 6.07. The zero-order valence-electron chi connectivity index (χ0n) is 11.8. The van der Waals surface area contributed by atoms with E-state index in [0.29, 0.717) is 17.7 Å². The van der Waals surface area contributed by atoms with Gasteiger partial charge in [0.1, 0.15) is 5.82 Å². The molecule has 1 fully saturated rings. The van der Waals surface area contributed by atoms with Gasteiger partial charge in [0, 0.05) is 18.3 Å². The number of sulfonamides is 1. The van der Waals surface area contributed by atoms with Crippen LogP contribution >= 0.6 is 0 Å². The van der Waals surface area contributed by atoms with Crippen LogP contribution in [0.15, 0.2) is 23.2 Å². The van der Waals surface area contributed by atoms with E-state index in [4.69, 9.17) is 5.84 Å². The fourth-order valence-corrected chi connectivity index (χ4v) is 4.05. The minimum Gasteiger partial charge on any atom is -0.308 e. The molecule has 6 nitrogen and oxygen atoms in total. The number of nitrogens with zero attached hydrogens (tertiary/aromatic N) is 1. The van der Waals surface area contributed by atoms with Crippen molar-refractivity contribution in [1.29, 1.82) is 0 Å². The highest BCUT2D eigenvalue weighted by Gasteiger charge is 2.30. The highest BCUT2D eigenvalue weighted by molar-refractivity contribution is 7.89. The summed E-state index contributed by atoms with van der Waals surface area (Å²) in [5, 5.41) is 0. The quantitative estimate of drug-likeness (QED) is 0.578. The number of aromatic nitrogens is 1. The SMILES string of the molecule is CC1CCCC(NS(=O)(=O)c2ccnc(NN)c2)C1C. The summed E-state index contributed by atoms with van der Waals surface area (Å²) in [7, 11) is -3.53. The van der Waals surface area contributed by atoms with Gasteiger partial charge in [0.2, 0.25) is 10.0 Å². The van der Waals surface area contributed by atoms with E-state index in [1.165, 1.54) is 18.3 Å². The second-order valence-electron chi connectivity index (χ2n) is 5.52. The van der Waals surface area contributed by atoms with Gasteiger partial charge in [-0.2, -0.15) is 0 Å². The van der Waals surface area contributed by atoms with Gasteiger partial charge >= 0.3 is 0 Å². The first-order valence-electron chi connectivity index (χ1n) is 6.89. The average molecular weight is 298 g/mol. The molecular weight excluding hydrogens is 276 g/mol. The molecule has 0 spiro atoms. The Hall–Kier alpha value is -1.18. The summed E-state index contributed by atoms with van der Waals surface area (Å²) in [6.07, 6.45) is 4.54. The van der Waals surface area contributed by atoms with Crippen LogP contribution in [0.25, 0.3) is 0 Å². The topological polar surface area (TPSA) is 97.1 Å². The van der Waals surface area contributed by atoms with Gasteiger partial charge < -0.3 is 5.43 Å². The van der Waals surface area contributed by atoms with Gasteiger partial charge in [-0.25, -0.2) is 24.0 Å². The van der Waals surface area contributed by atoms with Crippen LogP contribution in [-0.4, -0.2) is 19.4 Å². The molecule has 4 N–H and O–H groups in total. The number of hydrogen-bond donors (Lipinski definition) is 3. The number of hydrogen-bond acceptors (Lipinski definition) is 5. The van der Waals surface area contributed by atoms with Crippen LogP contribution in [0.2, 0.25) is 0 Å². The molecule has 7 heteroatoms. The lowest BCUT2D eigenvalue weighted by molar-refractivity contribution is 0.227. The van der Waals surface area contributed by atoms with Crippen molar-refractivity contribution in [2.24, 2.45) is 17.7 Å². The maximum atomic E-state index is 12.4. The highest BCUT2D eigenvalue weighted by atomic mass is 32.2. The van der Waals surface area contributed by atoms with Crippen molar-refractivity contribution >= 4 is 15.8 Å². The number of nitrogen functional groups attached to an aromatic ring is 1. The first-order valence-corrected chi connectivity index (χ1v) is 8.37. The minimum atomic E-state index is -3.53. The van der Waals surface area contributed by atoms with Gasteiger partial charge in [-0.1, -0.05) is 26.7 Å². The molecule has 1 aliphatic carbocycles. The minimum absolute atomic E-state index is 0.00815. The third kappa shape index (κ3) is 3.28. The van der Waals surface area contributed by atoms with Gasteiger partial charge in [-0.05, 0) is 24.3 Å². The van der Waals surface area contributed by atoms with Crippen molar-refractivity contribution in [1.82, 2.24) is 9.71 Å². The van der Waals surface area contributed by atoms with Crippen molar-refractivity contribution in [2.45, 2.75) is 44.0 Å². The summed E-state index contributed by atoms with van der Waals surface area (Å²) in [6.45, 7) is 4.28. The van der Waals surface area contributed by atoms with Gasteiger partial charge in [0.15, 0.2) is 0 Å². The fraction of sp³-hybridized carbons (Fsp3) is 0.615. The van der Waals surface area contributed by atoms with Crippen LogP contribution in [0.3, 0.4) is 0 Å². The number of nitrogens with two attached hydrogens (primary N) is 1. The average Bonchev–Trinajstić information content (AvgIpc) is 2.44. The predicted octanol–water partition coefficient (Wildman–Crippen LogP) is 1.47. The fourth-order valence-electron chi connectivity index (χ4n) is 2.67. The third-order valence-electron chi connectivity index (χ3n) is 4.20. The molecular formula is C13H22N4O2S. The molecule has 0 amide bonds. The first-order chi connectivity index (χ1) is 9.44.